The number of hydrogen-bond donors (Lipinski definition) is 0. The van der Waals surface area contributed by atoms with Gasteiger partial charge >= 0.3 is 0 Å². The lowest BCUT2D eigenvalue weighted by Gasteiger charge is -1.98. The average Bonchev–Trinajstić information content (AvgIpc) is 2.73. The highest BCUT2D eigenvalue weighted by molar-refractivity contribution is 4.68. The molecule has 0 unspecified atom stereocenters. The van der Waals surface area contributed by atoms with E-state index in [1.54, 1.807) is 0 Å². The normalized spacial score (nSPS) is 10.2. The quantitative estimate of drug-likeness (QED) is 0.494. The van der Waals surface area contributed by atoms with E-state index in [4.69, 9.17) is 10.00 Å². The lowest BCUT2D eigenvalue weighted by Crippen LogP contribution is -2.30. The summed E-state index contributed by atoms with van der Waals surface area (Å²) in [4.78, 5) is 0. The molecule has 0 radical (unpaired) electrons. The number of ether oxygens (including phenoxy) is 1. The van der Waals surface area contributed by atoms with Gasteiger partial charge in [-0.05, 0) is 12.8 Å². The van der Waals surface area contributed by atoms with Crippen molar-refractivity contribution in [2.24, 2.45) is 0 Å². The molecule has 88 valence electrons. The first-order valence-electron chi connectivity index (χ1n) is 5.86. The van der Waals surface area contributed by atoms with Crippen molar-refractivity contribution in [2.45, 2.75) is 39.3 Å². The van der Waals surface area contributed by atoms with Crippen molar-refractivity contribution in [2.75, 3.05) is 13.2 Å². The predicted molar refractivity (Wildman–Crippen MR) is 60.6 cm³/mol. The van der Waals surface area contributed by atoms with Crippen molar-refractivity contribution < 1.29 is 9.30 Å². The third-order valence-electron chi connectivity index (χ3n) is 2.29. The second-order valence-electron chi connectivity index (χ2n) is 3.76. The number of rotatable bonds is 8. The fourth-order valence-corrected chi connectivity index (χ4v) is 1.46. The molecule has 0 bridgehead atoms. The Morgan fingerprint density at radius 3 is 3.06 bits per heavy atom. The first-order chi connectivity index (χ1) is 7.86. The maximum absolute atomic E-state index is 8.44. The van der Waals surface area contributed by atoms with Crippen LogP contribution in [0.25, 0.3) is 0 Å². The number of unbranched alkanes of at least 4 members (excludes halogenated alkanes) is 1. The van der Waals surface area contributed by atoms with Crippen LogP contribution < -0.4 is 4.57 Å². The Balaban J connectivity index is 2.20. The summed E-state index contributed by atoms with van der Waals surface area (Å²) in [7, 11) is 0. The summed E-state index contributed by atoms with van der Waals surface area (Å²) >= 11 is 0. The molecule has 0 saturated carbocycles. The van der Waals surface area contributed by atoms with E-state index in [0.29, 0.717) is 6.42 Å². The summed E-state index contributed by atoms with van der Waals surface area (Å²) in [6.07, 6.45) is 8.75. The van der Waals surface area contributed by atoms with Gasteiger partial charge in [-0.25, -0.2) is 9.13 Å². The lowest BCUT2D eigenvalue weighted by molar-refractivity contribution is -0.696. The number of hydrogen-bond acceptors (Lipinski definition) is 2. The summed E-state index contributed by atoms with van der Waals surface area (Å²) in [5.74, 6) is 0. The van der Waals surface area contributed by atoms with E-state index in [-0.39, 0.29) is 0 Å². The molecule has 1 aromatic heterocycles. The van der Waals surface area contributed by atoms with E-state index < -0.39 is 0 Å². The minimum atomic E-state index is 0.623. The smallest absolute Gasteiger partial charge is 0.243 e. The van der Waals surface area contributed by atoms with E-state index >= 15 is 0 Å². The van der Waals surface area contributed by atoms with Crippen molar-refractivity contribution in [3.8, 4) is 6.07 Å². The number of nitriles is 1. The third kappa shape index (κ3) is 4.94. The molecule has 1 aromatic rings. The molecule has 0 aromatic carbocycles. The van der Waals surface area contributed by atoms with Gasteiger partial charge in [-0.15, -0.1) is 0 Å². The van der Waals surface area contributed by atoms with E-state index in [1.807, 2.05) is 12.4 Å². The van der Waals surface area contributed by atoms with Crippen molar-refractivity contribution >= 4 is 0 Å². The van der Waals surface area contributed by atoms with Crippen molar-refractivity contribution in [3.05, 3.63) is 18.7 Å². The van der Waals surface area contributed by atoms with Gasteiger partial charge in [0.1, 0.15) is 18.9 Å². The summed E-state index contributed by atoms with van der Waals surface area (Å²) < 4.78 is 9.64. The molecule has 0 aliphatic carbocycles. The van der Waals surface area contributed by atoms with Gasteiger partial charge in [-0.1, -0.05) is 6.92 Å². The number of aromatic nitrogens is 2. The van der Waals surface area contributed by atoms with E-state index in [0.717, 1.165) is 39.1 Å². The second-order valence-corrected chi connectivity index (χ2v) is 3.76. The monoisotopic (exact) mass is 222 g/mol. The van der Waals surface area contributed by atoms with Gasteiger partial charge in [0.2, 0.25) is 6.33 Å². The van der Waals surface area contributed by atoms with Crippen LogP contribution in [-0.2, 0) is 17.8 Å². The Bertz CT molecular complexity index is 327. The summed E-state index contributed by atoms with van der Waals surface area (Å²) in [6.45, 7) is 5.52. The molecule has 4 heteroatoms. The molecule has 0 saturated heterocycles. The molecule has 0 spiro atoms. The lowest BCUT2D eigenvalue weighted by atomic mass is 10.3. The molecular formula is C12H20N3O+. The summed E-state index contributed by atoms with van der Waals surface area (Å²) in [5, 5.41) is 8.44. The van der Waals surface area contributed by atoms with Crippen molar-refractivity contribution in [3.63, 3.8) is 0 Å². The van der Waals surface area contributed by atoms with Gasteiger partial charge in [0, 0.05) is 13.0 Å². The topological polar surface area (TPSA) is 41.8 Å². The second kappa shape index (κ2) is 7.89. The Hall–Kier alpha value is -1.34. The largest absolute Gasteiger partial charge is 0.377 e. The fourth-order valence-electron chi connectivity index (χ4n) is 1.46. The Labute approximate surface area is 97.1 Å². The van der Waals surface area contributed by atoms with Crippen LogP contribution in [0.5, 0.6) is 0 Å². The SMILES string of the molecule is CCCOCCn1cc[n+](CCCC#N)c1. The van der Waals surface area contributed by atoms with Crippen LogP contribution in [0.1, 0.15) is 26.2 Å². The van der Waals surface area contributed by atoms with Gasteiger partial charge in [-0.2, -0.15) is 5.26 Å². The molecule has 16 heavy (non-hydrogen) atoms. The number of nitrogens with zero attached hydrogens (tertiary/aromatic N) is 3. The van der Waals surface area contributed by atoms with Gasteiger partial charge in [0.25, 0.3) is 0 Å². The molecule has 4 nitrogen and oxygen atoms in total. The first kappa shape index (κ1) is 12.7. The third-order valence-corrected chi connectivity index (χ3v) is 2.29. The Kier molecular flexibility index (Phi) is 6.28. The van der Waals surface area contributed by atoms with Gasteiger partial charge in [-0.3, -0.25) is 0 Å². The first-order valence-corrected chi connectivity index (χ1v) is 5.86. The van der Waals surface area contributed by atoms with Crippen LogP contribution in [0.15, 0.2) is 18.7 Å². The summed E-state index contributed by atoms with van der Waals surface area (Å²) in [6, 6.07) is 2.15. The van der Waals surface area contributed by atoms with Crippen LogP contribution in [-0.4, -0.2) is 17.8 Å². The Morgan fingerprint density at radius 1 is 1.44 bits per heavy atom. The van der Waals surface area contributed by atoms with Crippen molar-refractivity contribution in [1.82, 2.24) is 4.57 Å². The van der Waals surface area contributed by atoms with Crippen LogP contribution in [0, 0.1) is 11.3 Å². The highest BCUT2D eigenvalue weighted by Crippen LogP contribution is 1.90. The molecular weight excluding hydrogens is 202 g/mol. The standard InChI is InChI=1S/C12H20N3O/c1-2-10-16-11-9-15-8-7-14(12-15)6-4-3-5-13/h7-8,12H,2-4,6,9-11H2,1H3/q+1. The molecule has 0 amide bonds. The predicted octanol–water partition coefficient (Wildman–Crippen LogP) is 1.51. The maximum atomic E-state index is 8.44. The number of aryl methyl sites for hydroxylation is 1. The van der Waals surface area contributed by atoms with E-state index in [1.165, 1.54) is 0 Å². The zero-order chi connectivity index (χ0) is 11.6. The number of imidazole rings is 1. The minimum absolute atomic E-state index is 0.623. The molecule has 1 rings (SSSR count). The van der Waals surface area contributed by atoms with Gasteiger partial charge in [0.05, 0.1) is 19.2 Å². The molecule has 0 fully saturated rings. The maximum Gasteiger partial charge on any atom is 0.243 e. The molecule has 0 aliphatic rings. The van der Waals surface area contributed by atoms with Crippen LogP contribution in [0.3, 0.4) is 0 Å². The average molecular weight is 222 g/mol. The van der Waals surface area contributed by atoms with Crippen molar-refractivity contribution in [1.29, 1.82) is 5.26 Å². The highest BCUT2D eigenvalue weighted by atomic mass is 16.5. The van der Waals surface area contributed by atoms with Gasteiger partial charge in [0.15, 0.2) is 0 Å². The molecule has 0 N–H and O–H groups in total. The molecule has 0 aliphatic heterocycles. The van der Waals surface area contributed by atoms with E-state index in [2.05, 4.69) is 28.5 Å². The fraction of sp³-hybridized carbons (Fsp3) is 0.667. The zero-order valence-corrected chi connectivity index (χ0v) is 9.93. The highest BCUT2D eigenvalue weighted by Gasteiger charge is 2.02. The zero-order valence-electron chi connectivity index (χ0n) is 9.93. The van der Waals surface area contributed by atoms with Gasteiger partial charge < -0.3 is 4.74 Å². The molecule has 1 heterocycles. The minimum Gasteiger partial charge on any atom is -0.377 e. The van der Waals surface area contributed by atoms with Crippen LogP contribution in [0.4, 0.5) is 0 Å². The van der Waals surface area contributed by atoms with Crippen LogP contribution >= 0.6 is 0 Å². The van der Waals surface area contributed by atoms with Crippen LogP contribution in [0.2, 0.25) is 0 Å². The molecule has 0 atom stereocenters. The van der Waals surface area contributed by atoms with E-state index in [9.17, 15) is 0 Å². The Morgan fingerprint density at radius 2 is 2.31 bits per heavy atom. The summed E-state index contributed by atoms with van der Waals surface area (Å²) in [5.41, 5.74) is 0.